The topological polar surface area (TPSA) is 56.1 Å². The highest BCUT2D eigenvalue weighted by Crippen LogP contribution is 2.59. The molecule has 0 aromatic carbocycles. The maximum Gasteiger partial charge on any atom is 0.228 e. The second-order valence-corrected chi connectivity index (χ2v) is 7.32. The second-order valence-electron chi connectivity index (χ2n) is 7.32. The van der Waals surface area contributed by atoms with E-state index in [4.69, 9.17) is 4.74 Å². The van der Waals surface area contributed by atoms with Crippen LogP contribution < -0.4 is 5.32 Å². The number of nitrogens with zero attached hydrogens (tertiary/aromatic N) is 2. The Labute approximate surface area is 139 Å². The van der Waals surface area contributed by atoms with Crippen molar-refractivity contribution in [2.24, 2.45) is 17.3 Å². The van der Waals surface area contributed by atoms with Crippen molar-refractivity contribution in [3.05, 3.63) is 23.0 Å². The molecule has 1 saturated carbocycles. The quantitative estimate of drug-likeness (QED) is 0.818. The summed E-state index contributed by atoms with van der Waals surface area (Å²) in [6, 6.07) is 0. The summed E-state index contributed by atoms with van der Waals surface area (Å²) in [5.74, 6) is 0.435. The third-order valence-electron chi connectivity index (χ3n) is 4.84. The lowest BCUT2D eigenvalue weighted by Gasteiger charge is -2.07. The van der Waals surface area contributed by atoms with E-state index < -0.39 is 0 Å². The SMILES string of the molecule is COCCn1nc(C)c(NC(=O)[C@@H]2[C@H](C=C(C)C)C2(C)C)c1C. The van der Waals surface area contributed by atoms with Crippen molar-refractivity contribution in [2.45, 2.75) is 48.1 Å². The summed E-state index contributed by atoms with van der Waals surface area (Å²) in [5, 5.41) is 7.60. The van der Waals surface area contributed by atoms with Gasteiger partial charge in [-0.05, 0) is 39.0 Å². The van der Waals surface area contributed by atoms with Crippen LogP contribution in [0.3, 0.4) is 0 Å². The summed E-state index contributed by atoms with van der Waals surface area (Å²) in [7, 11) is 1.67. The van der Waals surface area contributed by atoms with Crippen molar-refractivity contribution in [1.29, 1.82) is 0 Å². The number of allylic oxidation sites excluding steroid dienone is 2. The first-order valence-electron chi connectivity index (χ1n) is 8.19. The van der Waals surface area contributed by atoms with Crippen LogP contribution in [0.25, 0.3) is 0 Å². The fourth-order valence-electron chi connectivity index (χ4n) is 3.32. The molecule has 5 nitrogen and oxygen atoms in total. The van der Waals surface area contributed by atoms with Crippen LogP contribution in [0.15, 0.2) is 11.6 Å². The molecule has 2 rings (SSSR count). The Morgan fingerprint density at radius 2 is 2.04 bits per heavy atom. The first-order chi connectivity index (χ1) is 10.7. The summed E-state index contributed by atoms with van der Waals surface area (Å²) < 4.78 is 6.99. The molecule has 0 radical (unpaired) electrons. The minimum absolute atomic E-state index is 0.0230. The Bertz CT molecular complexity index is 624. The van der Waals surface area contributed by atoms with Crippen LogP contribution in [0.5, 0.6) is 0 Å². The number of aromatic nitrogens is 2. The molecule has 1 aliphatic carbocycles. The molecule has 0 spiro atoms. The normalized spacial score (nSPS) is 21.9. The van der Waals surface area contributed by atoms with Crippen LogP contribution in [0.2, 0.25) is 0 Å². The summed E-state index contributed by atoms with van der Waals surface area (Å²) in [6.45, 7) is 13.7. The third kappa shape index (κ3) is 3.50. The molecule has 0 unspecified atom stereocenters. The van der Waals surface area contributed by atoms with Gasteiger partial charge >= 0.3 is 0 Å². The van der Waals surface area contributed by atoms with E-state index in [1.54, 1.807) is 7.11 Å². The lowest BCUT2D eigenvalue weighted by atomic mass is 10.1. The van der Waals surface area contributed by atoms with Gasteiger partial charge in [-0.1, -0.05) is 25.5 Å². The minimum atomic E-state index is 0.0230. The van der Waals surface area contributed by atoms with E-state index in [0.717, 1.165) is 17.1 Å². The zero-order chi connectivity index (χ0) is 17.4. The number of methoxy groups -OCH3 is 1. The monoisotopic (exact) mass is 319 g/mol. The molecule has 1 amide bonds. The lowest BCUT2D eigenvalue weighted by molar-refractivity contribution is -0.118. The van der Waals surface area contributed by atoms with Gasteiger partial charge in [0, 0.05) is 7.11 Å². The number of amides is 1. The van der Waals surface area contributed by atoms with Gasteiger partial charge in [-0.15, -0.1) is 0 Å². The standard InChI is InChI=1S/C18H29N3O2/c1-11(2)10-14-15(18(14,5)6)17(22)19-16-12(3)20-21(13(16)4)8-9-23-7/h10,14-15H,8-9H2,1-7H3,(H,19,22)/t14-,15-/m0/s1. The number of carbonyl (C=O) groups is 1. The first-order valence-corrected chi connectivity index (χ1v) is 8.19. The van der Waals surface area contributed by atoms with Crippen molar-refractivity contribution < 1.29 is 9.53 Å². The van der Waals surface area contributed by atoms with Gasteiger partial charge in [-0.3, -0.25) is 9.48 Å². The van der Waals surface area contributed by atoms with E-state index in [9.17, 15) is 4.79 Å². The highest BCUT2D eigenvalue weighted by Gasteiger charge is 2.60. The zero-order valence-electron chi connectivity index (χ0n) is 15.4. The van der Waals surface area contributed by atoms with Crippen LogP contribution in [0, 0.1) is 31.1 Å². The van der Waals surface area contributed by atoms with E-state index >= 15 is 0 Å². The second kappa shape index (κ2) is 6.48. The third-order valence-corrected chi connectivity index (χ3v) is 4.84. The number of hydrogen-bond acceptors (Lipinski definition) is 3. The predicted molar refractivity (Wildman–Crippen MR) is 92.4 cm³/mol. The largest absolute Gasteiger partial charge is 0.383 e. The van der Waals surface area contributed by atoms with Crippen molar-refractivity contribution in [1.82, 2.24) is 9.78 Å². The van der Waals surface area contributed by atoms with Gasteiger partial charge in [-0.25, -0.2) is 0 Å². The average molecular weight is 319 g/mol. The summed E-state index contributed by atoms with van der Waals surface area (Å²) in [6.07, 6.45) is 2.21. The van der Waals surface area contributed by atoms with Crippen LogP contribution in [0.4, 0.5) is 5.69 Å². The highest BCUT2D eigenvalue weighted by atomic mass is 16.5. The highest BCUT2D eigenvalue weighted by molar-refractivity contribution is 5.96. The van der Waals surface area contributed by atoms with Crippen LogP contribution in [0.1, 0.15) is 39.1 Å². The lowest BCUT2D eigenvalue weighted by Crippen LogP contribution is -2.18. The van der Waals surface area contributed by atoms with E-state index in [1.165, 1.54) is 5.57 Å². The Morgan fingerprint density at radius 3 is 2.61 bits per heavy atom. The van der Waals surface area contributed by atoms with Crippen LogP contribution in [-0.4, -0.2) is 29.4 Å². The van der Waals surface area contributed by atoms with Gasteiger partial charge in [0.1, 0.15) is 0 Å². The van der Waals surface area contributed by atoms with Crippen LogP contribution in [-0.2, 0) is 16.1 Å². The van der Waals surface area contributed by atoms with E-state index in [0.29, 0.717) is 19.1 Å². The summed E-state index contributed by atoms with van der Waals surface area (Å²) in [5.41, 5.74) is 3.95. The molecule has 128 valence electrons. The molecule has 1 aliphatic rings. The molecular weight excluding hydrogens is 290 g/mol. The summed E-state index contributed by atoms with van der Waals surface area (Å²) >= 11 is 0. The molecule has 5 heteroatoms. The number of rotatable bonds is 6. The Kier molecular flexibility index (Phi) is 4.99. The van der Waals surface area contributed by atoms with E-state index in [1.807, 2.05) is 18.5 Å². The van der Waals surface area contributed by atoms with Gasteiger partial charge in [0.25, 0.3) is 0 Å². The van der Waals surface area contributed by atoms with Gasteiger partial charge in [0.05, 0.1) is 36.1 Å². The number of hydrogen-bond donors (Lipinski definition) is 1. The number of ether oxygens (including phenoxy) is 1. The molecule has 2 atom stereocenters. The molecule has 1 aromatic heterocycles. The van der Waals surface area contributed by atoms with Gasteiger partial charge < -0.3 is 10.1 Å². The number of nitrogens with one attached hydrogen (secondary N) is 1. The van der Waals surface area contributed by atoms with E-state index in [2.05, 4.69) is 44.2 Å². The van der Waals surface area contributed by atoms with E-state index in [-0.39, 0.29) is 17.2 Å². The van der Waals surface area contributed by atoms with Crippen molar-refractivity contribution in [3.63, 3.8) is 0 Å². The molecule has 1 aromatic rings. The fourth-order valence-corrected chi connectivity index (χ4v) is 3.32. The number of carbonyl (C=O) groups excluding carboxylic acids is 1. The van der Waals surface area contributed by atoms with Crippen molar-refractivity contribution in [3.8, 4) is 0 Å². The average Bonchev–Trinajstić information content (AvgIpc) is 2.87. The molecule has 23 heavy (non-hydrogen) atoms. The Balaban J connectivity index is 2.13. The molecule has 0 bridgehead atoms. The predicted octanol–water partition coefficient (Wildman–Crippen LogP) is 3.32. The number of anilines is 1. The minimum Gasteiger partial charge on any atom is -0.383 e. The molecule has 1 fully saturated rings. The maximum atomic E-state index is 12.7. The van der Waals surface area contributed by atoms with Crippen molar-refractivity contribution >= 4 is 11.6 Å². The Morgan fingerprint density at radius 1 is 1.39 bits per heavy atom. The van der Waals surface area contributed by atoms with Gasteiger partial charge in [-0.2, -0.15) is 5.10 Å². The fraction of sp³-hybridized carbons (Fsp3) is 0.667. The van der Waals surface area contributed by atoms with Crippen molar-refractivity contribution in [2.75, 3.05) is 19.0 Å². The zero-order valence-corrected chi connectivity index (χ0v) is 15.4. The van der Waals surface area contributed by atoms with Gasteiger partial charge in [0.2, 0.25) is 5.91 Å². The van der Waals surface area contributed by atoms with Gasteiger partial charge in [0.15, 0.2) is 0 Å². The smallest absolute Gasteiger partial charge is 0.228 e. The number of aryl methyl sites for hydroxylation is 1. The molecule has 0 aliphatic heterocycles. The molecular formula is C18H29N3O2. The maximum absolute atomic E-state index is 12.7. The van der Waals surface area contributed by atoms with Crippen LogP contribution >= 0.6 is 0 Å². The first kappa shape index (κ1) is 17.7. The molecule has 1 heterocycles. The molecule has 0 saturated heterocycles. The Hall–Kier alpha value is -1.62. The summed E-state index contributed by atoms with van der Waals surface area (Å²) in [4.78, 5) is 12.7. The molecule has 1 N–H and O–H groups in total.